The van der Waals surface area contributed by atoms with Crippen molar-refractivity contribution in [3.63, 3.8) is 0 Å². The molecule has 0 bridgehead atoms. The van der Waals surface area contributed by atoms with Crippen LogP contribution in [-0.2, 0) is 11.2 Å². The quantitative estimate of drug-likeness (QED) is 0.940. The first-order valence-corrected chi connectivity index (χ1v) is 7.33. The van der Waals surface area contributed by atoms with E-state index >= 15 is 0 Å². The van der Waals surface area contributed by atoms with Crippen LogP contribution >= 0.6 is 0 Å². The number of benzene rings is 1. The van der Waals surface area contributed by atoms with Crippen LogP contribution in [0.1, 0.15) is 12.6 Å². The van der Waals surface area contributed by atoms with E-state index in [-0.39, 0.29) is 18.1 Å². The summed E-state index contributed by atoms with van der Waals surface area (Å²) < 4.78 is 18.3. The summed E-state index contributed by atoms with van der Waals surface area (Å²) in [5, 5.41) is 3.30. The van der Waals surface area contributed by atoms with Crippen molar-refractivity contribution < 1.29 is 13.6 Å². The van der Waals surface area contributed by atoms with E-state index in [1.54, 1.807) is 12.1 Å². The molecule has 0 aliphatic carbocycles. The molecule has 1 aromatic heterocycles. The van der Waals surface area contributed by atoms with E-state index in [1.165, 1.54) is 18.4 Å². The van der Waals surface area contributed by atoms with Gasteiger partial charge in [0, 0.05) is 31.2 Å². The van der Waals surface area contributed by atoms with Crippen molar-refractivity contribution in [2.45, 2.75) is 19.4 Å². The third kappa shape index (κ3) is 3.33. The van der Waals surface area contributed by atoms with Gasteiger partial charge in [-0.1, -0.05) is 0 Å². The van der Waals surface area contributed by atoms with Gasteiger partial charge in [-0.2, -0.15) is 0 Å². The summed E-state index contributed by atoms with van der Waals surface area (Å²) in [6.45, 7) is 4.29. The van der Waals surface area contributed by atoms with Gasteiger partial charge >= 0.3 is 0 Å². The molecule has 0 radical (unpaired) electrons. The second kappa shape index (κ2) is 6.27. The zero-order valence-electron chi connectivity index (χ0n) is 12.4. The molecule has 1 aromatic carbocycles. The van der Waals surface area contributed by atoms with E-state index in [0.717, 1.165) is 6.54 Å². The number of oxazole rings is 1. The fraction of sp³-hybridized carbons (Fsp3) is 0.375. The van der Waals surface area contributed by atoms with Crippen LogP contribution in [0.2, 0.25) is 0 Å². The van der Waals surface area contributed by atoms with Crippen molar-refractivity contribution in [1.29, 1.82) is 0 Å². The molecule has 1 saturated heterocycles. The summed E-state index contributed by atoms with van der Waals surface area (Å²) in [6, 6.07) is 6.22. The zero-order chi connectivity index (χ0) is 15.5. The fourth-order valence-electron chi connectivity index (χ4n) is 2.54. The minimum atomic E-state index is -0.307. The molecule has 1 N–H and O–H groups in total. The Balaban J connectivity index is 1.66. The molecule has 1 atom stereocenters. The highest BCUT2D eigenvalue weighted by molar-refractivity contribution is 5.78. The summed E-state index contributed by atoms with van der Waals surface area (Å²) in [7, 11) is 0. The maximum Gasteiger partial charge on any atom is 0.228 e. The van der Waals surface area contributed by atoms with Gasteiger partial charge in [-0.15, -0.1) is 0 Å². The van der Waals surface area contributed by atoms with Crippen molar-refractivity contribution in [1.82, 2.24) is 15.2 Å². The Morgan fingerprint density at radius 2 is 2.23 bits per heavy atom. The van der Waals surface area contributed by atoms with Crippen LogP contribution < -0.4 is 5.32 Å². The summed E-state index contributed by atoms with van der Waals surface area (Å²) in [6.07, 6.45) is 1.71. The summed E-state index contributed by atoms with van der Waals surface area (Å²) in [5.74, 6) is 0.141. The van der Waals surface area contributed by atoms with Crippen molar-refractivity contribution in [3.05, 3.63) is 42.0 Å². The highest BCUT2D eigenvalue weighted by Gasteiger charge is 2.21. The maximum atomic E-state index is 12.9. The topological polar surface area (TPSA) is 58.4 Å². The highest BCUT2D eigenvalue weighted by atomic mass is 19.1. The Morgan fingerprint density at radius 1 is 1.45 bits per heavy atom. The number of hydrogen-bond donors (Lipinski definition) is 1. The summed E-state index contributed by atoms with van der Waals surface area (Å²) in [4.78, 5) is 18.4. The van der Waals surface area contributed by atoms with Gasteiger partial charge in [0.25, 0.3) is 0 Å². The van der Waals surface area contributed by atoms with Gasteiger partial charge in [0.1, 0.15) is 12.1 Å². The predicted octanol–water partition coefficient (Wildman–Crippen LogP) is 1.84. The van der Waals surface area contributed by atoms with Gasteiger partial charge in [-0.3, -0.25) is 4.79 Å². The first-order chi connectivity index (χ1) is 10.6. The SMILES string of the molecule is CC1CN(C(=O)Cc2coc(-c3ccc(F)cc3)n2)CCN1. The molecule has 116 valence electrons. The number of rotatable bonds is 3. The molecule has 0 saturated carbocycles. The van der Waals surface area contributed by atoms with Crippen LogP contribution in [0.3, 0.4) is 0 Å². The highest BCUT2D eigenvalue weighted by Crippen LogP contribution is 2.19. The van der Waals surface area contributed by atoms with Crippen LogP contribution in [0.25, 0.3) is 11.5 Å². The molecule has 1 fully saturated rings. The van der Waals surface area contributed by atoms with E-state index in [2.05, 4.69) is 17.2 Å². The molecule has 1 amide bonds. The van der Waals surface area contributed by atoms with Gasteiger partial charge < -0.3 is 14.6 Å². The molecule has 2 aromatic rings. The first-order valence-electron chi connectivity index (χ1n) is 7.33. The number of nitrogens with one attached hydrogen (secondary N) is 1. The van der Waals surface area contributed by atoms with Gasteiger partial charge in [0.2, 0.25) is 11.8 Å². The Labute approximate surface area is 128 Å². The molecule has 6 heteroatoms. The lowest BCUT2D eigenvalue weighted by atomic mass is 10.2. The minimum Gasteiger partial charge on any atom is -0.444 e. The Hall–Kier alpha value is -2.21. The van der Waals surface area contributed by atoms with Gasteiger partial charge in [0.15, 0.2) is 0 Å². The van der Waals surface area contributed by atoms with Crippen molar-refractivity contribution >= 4 is 5.91 Å². The molecule has 22 heavy (non-hydrogen) atoms. The second-order valence-electron chi connectivity index (χ2n) is 5.52. The fourth-order valence-corrected chi connectivity index (χ4v) is 2.54. The van der Waals surface area contributed by atoms with Crippen LogP contribution in [0.5, 0.6) is 0 Å². The van der Waals surface area contributed by atoms with Crippen LogP contribution in [0.4, 0.5) is 4.39 Å². The van der Waals surface area contributed by atoms with E-state index in [1.807, 2.05) is 4.90 Å². The van der Waals surface area contributed by atoms with E-state index < -0.39 is 0 Å². The number of halogens is 1. The third-order valence-corrected chi connectivity index (χ3v) is 3.70. The monoisotopic (exact) mass is 303 g/mol. The van der Waals surface area contributed by atoms with Crippen LogP contribution in [0, 0.1) is 5.82 Å². The molecule has 2 heterocycles. The molecular weight excluding hydrogens is 285 g/mol. The van der Waals surface area contributed by atoms with Gasteiger partial charge in [-0.05, 0) is 31.2 Å². The third-order valence-electron chi connectivity index (χ3n) is 3.70. The molecule has 1 unspecified atom stereocenters. The Bertz CT molecular complexity index is 654. The standard InChI is InChI=1S/C16H18FN3O2/c1-11-9-20(7-6-18-11)15(21)8-14-10-22-16(19-14)12-2-4-13(17)5-3-12/h2-5,10-11,18H,6-9H2,1H3. The molecule has 0 spiro atoms. The Kier molecular flexibility index (Phi) is 4.20. The van der Waals surface area contributed by atoms with Crippen molar-refractivity contribution in [3.8, 4) is 11.5 Å². The minimum absolute atomic E-state index is 0.0484. The molecular formula is C16H18FN3O2. The largest absolute Gasteiger partial charge is 0.444 e. The van der Waals surface area contributed by atoms with Crippen molar-refractivity contribution in [2.24, 2.45) is 0 Å². The number of nitrogens with zero attached hydrogens (tertiary/aromatic N) is 2. The van der Waals surface area contributed by atoms with E-state index in [4.69, 9.17) is 4.42 Å². The number of piperazine rings is 1. The predicted molar refractivity (Wildman–Crippen MR) is 79.6 cm³/mol. The van der Waals surface area contributed by atoms with Gasteiger partial charge in [-0.25, -0.2) is 9.37 Å². The normalized spacial score (nSPS) is 18.5. The number of hydrogen-bond acceptors (Lipinski definition) is 4. The van der Waals surface area contributed by atoms with Crippen molar-refractivity contribution in [2.75, 3.05) is 19.6 Å². The lowest BCUT2D eigenvalue weighted by Crippen LogP contribution is -2.51. The number of aromatic nitrogens is 1. The maximum absolute atomic E-state index is 12.9. The average molecular weight is 303 g/mol. The molecule has 3 rings (SSSR count). The number of amides is 1. The molecule has 1 aliphatic heterocycles. The smallest absolute Gasteiger partial charge is 0.228 e. The van der Waals surface area contributed by atoms with Crippen LogP contribution in [-0.4, -0.2) is 41.5 Å². The lowest BCUT2D eigenvalue weighted by Gasteiger charge is -2.31. The second-order valence-corrected chi connectivity index (χ2v) is 5.52. The Morgan fingerprint density at radius 3 is 2.95 bits per heavy atom. The van der Waals surface area contributed by atoms with Gasteiger partial charge in [0.05, 0.1) is 12.1 Å². The summed E-state index contributed by atoms with van der Waals surface area (Å²) in [5.41, 5.74) is 1.28. The first kappa shape index (κ1) is 14.7. The van der Waals surface area contributed by atoms with E-state index in [9.17, 15) is 9.18 Å². The molecule has 1 aliphatic rings. The lowest BCUT2D eigenvalue weighted by molar-refractivity contribution is -0.131. The zero-order valence-corrected chi connectivity index (χ0v) is 12.4. The summed E-state index contributed by atoms with van der Waals surface area (Å²) >= 11 is 0. The van der Waals surface area contributed by atoms with Crippen LogP contribution in [0.15, 0.2) is 34.9 Å². The average Bonchev–Trinajstić information content (AvgIpc) is 2.96. The number of carbonyl (C=O) groups is 1. The number of carbonyl (C=O) groups excluding carboxylic acids is 1. The van der Waals surface area contributed by atoms with E-state index in [0.29, 0.717) is 36.3 Å². The molecule has 5 nitrogen and oxygen atoms in total.